The van der Waals surface area contributed by atoms with Crippen molar-refractivity contribution in [3.63, 3.8) is 0 Å². The molecule has 0 radical (unpaired) electrons. The van der Waals surface area contributed by atoms with Crippen molar-refractivity contribution >= 4 is 0 Å². The van der Waals surface area contributed by atoms with Crippen LogP contribution in [0.4, 0.5) is 0 Å². The highest BCUT2D eigenvalue weighted by molar-refractivity contribution is 5.91. The van der Waals surface area contributed by atoms with Gasteiger partial charge in [0.1, 0.15) is 24.6 Å². The second-order valence-corrected chi connectivity index (χ2v) is 9.29. The Hall–Kier alpha value is -4.69. The Balaban J connectivity index is 1.59. The van der Waals surface area contributed by atoms with Crippen molar-refractivity contribution in [3.8, 4) is 50.5 Å². The first-order chi connectivity index (χ1) is 17.9. The van der Waals surface area contributed by atoms with Gasteiger partial charge in [-0.2, -0.15) is 4.57 Å². The maximum atomic E-state index is 2.39. The van der Waals surface area contributed by atoms with Gasteiger partial charge in [0.15, 0.2) is 0 Å². The van der Waals surface area contributed by atoms with E-state index < -0.39 is 0 Å². The summed E-state index contributed by atoms with van der Waals surface area (Å²) in [6, 6.07) is 45.7. The zero-order valence-electron chi connectivity index (χ0n) is 19.9. The van der Waals surface area contributed by atoms with E-state index in [0.29, 0.717) is 0 Å². The van der Waals surface area contributed by atoms with Crippen LogP contribution in [-0.2, 0) is 6.54 Å². The van der Waals surface area contributed by atoms with E-state index in [1.54, 1.807) is 0 Å². The predicted octanol–water partition coefficient (Wildman–Crippen LogP) is 7.79. The molecule has 1 aliphatic heterocycles. The molecular formula is C34H25N2+. The average molecular weight is 462 g/mol. The van der Waals surface area contributed by atoms with Crippen LogP contribution in [0.3, 0.4) is 0 Å². The van der Waals surface area contributed by atoms with Gasteiger partial charge in [0.05, 0.1) is 5.56 Å². The molecule has 0 saturated carbocycles. The van der Waals surface area contributed by atoms with E-state index in [1.807, 2.05) is 0 Å². The Bertz CT molecular complexity index is 1620. The molecule has 7 rings (SSSR count). The molecular weight excluding hydrogens is 436 g/mol. The lowest BCUT2D eigenvalue weighted by atomic mass is 9.90. The van der Waals surface area contributed by atoms with Crippen LogP contribution in [0, 0.1) is 0 Å². The predicted molar refractivity (Wildman–Crippen MR) is 147 cm³/mol. The first kappa shape index (κ1) is 20.7. The fraction of sp³-hybridized carbons (Fsp3) is 0.0294. The normalized spacial score (nSPS) is 11.8. The number of imidazole rings is 1. The van der Waals surface area contributed by atoms with Gasteiger partial charge in [-0.15, -0.1) is 0 Å². The van der Waals surface area contributed by atoms with Crippen LogP contribution in [0.25, 0.3) is 50.5 Å². The van der Waals surface area contributed by atoms with Crippen LogP contribution in [0.15, 0.2) is 140 Å². The summed E-state index contributed by atoms with van der Waals surface area (Å²) in [6.45, 7) is 0.905. The second kappa shape index (κ2) is 8.51. The fourth-order valence-corrected chi connectivity index (χ4v) is 5.45. The summed E-state index contributed by atoms with van der Waals surface area (Å²) in [4.78, 5) is 0. The number of fused-ring (bicyclic) bond motifs is 3. The quantitative estimate of drug-likeness (QED) is 0.237. The minimum absolute atomic E-state index is 0.905. The molecule has 6 aromatic rings. The van der Waals surface area contributed by atoms with Crippen molar-refractivity contribution in [2.45, 2.75) is 6.54 Å². The zero-order chi connectivity index (χ0) is 23.9. The molecule has 0 atom stereocenters. The highest BCUT2D eigenvalue weighted by Crippen LogP contribution is 2.42. The molecule has 170 valence electrons. The number of aromatic nitrogens is 2. The lowest BCUT2D eigenvalue weighted by molar-refractivity contribution is -0.671. The highest BCUT2D eigenvalue weighted by Gasteiger charge is 2.32. The van der Waals surface area contributed by atoms with Gasteiger partial charge in [-0.25, -0.2) is 4.57 Å². The smallest absolute Gasteiger partial charge is 0.225 e. The van der Waals surface area contributed by atoms with Crippen molar-refractivity contribution < 1.29 is 4.57 Å². The minimum Gasteiger partial charge on any atom is -0.225 e. The van der Waals surface area contributed by atoms with Crippen molar-refractivity contribution in [1.82, 2.24) is 4.57 Å². The molecule has 0 aliphatic carbocycles. The molecule has 5 aromatic carbocycles. The topological polar surface area (TPSA) is 8.81 Å². The Morgan fingerprint density at radius 3 is 1.64 bits per heavy atom. The third-order valence-corrected chi connectivity index (χ3v) is 7.12. The highest BCUT2D eigenvalue weighted by atomic mass is 15.2. The van der Waals surface area contributed by atoms with Gasteiger partial charge in [0, 0.05) is 16.7 Å². The van der Waals surface area contributed by atoms with Crippen LogP contribution in [0.5, 0.6) is 0 Å². The van der Waals surface area contributed by atoms with Crippen LogP contribution in [-0.4, -0.2) is 4.57 Å². The van der Waals surface area contributed by atoms with Gasteiger partial charge in [0.2, 0.25) is 0 Å². The Kier molecular flexibility index (Phi) is 4.89. The molecule has 1 aromatic heterocycles. The summed E-state index contributed by atoms with van der Waals surface area (Å²) in [5.74, 6) is 1.23. The first-order valence-electron chi connectivity index (χ1n) is 12.4. The molecule has 1 aliphatic rings. The number of benzene rings is 5. The Morgan fingerprint density at radius 1 is 0.500 bits per heavy atom. The van der Waals surface area contributed by atoms with E-state index in [-0.39, 0.29) is 0 Å². The zero-order valence-corrected chi connectivity index (χ0v) is 19.9. The number of hydrogen-bond donors (Lipinski definition) is 0. The summed E-state index contributed by atoms with van der Waals surface area (Å²) >= 11 is 0. The Labute approximate surface area is 211 Å². The van der Waals surface area contributed by atoms with Crippen molar-refractivity contribution in [3.05, 3.63) is 145 Å². The molecule has 0 N–H and O–H groups in total. The van der Waals surface area contributed by atoms with E-state index in [1.165, 1.54) is 56.0 Å². The molecule has 2 heteroatoms. The van der Waals surface area contributed by atoms with E-state index in [0.717, 1.165) is 6.54 Å². The molecule has 0 unspecified atom stereocenters. The van der Waals surface area contributed by atoms with Gasteiger partial charge < -0.3 is 0 Å². The van der Waals surface area contributed by atoms with Gasteiger partial charge >= 0.3 is 0 Å². The molecule has 2 nitrogen and oxygen atoms in total. The van der Waals surface area contributed by atoms with Gasteiger partial charge in [-0.05, 0) is 40.5 Å². The average Bonchev–Trinajstić information content (AvgIpc) is 3.53. The van der Waals surface area contributed by atoms with Crippen molar-refractivity contribution in [2.75, 3.05) is 0 Å². The minimum atomic E-state index is 0.905. The maximum Gasteiger partial charge on any atom is 0.294 e. The van der Waals surface area contributed by atoms with E-state index in [4.69, 9.17) is 0 Å². The molecule has 36 heavy (non-hydrogen) atoms. The second-order valence-electron chi connectivity index (χ2n) is 9.29. The number of nitrogens with zero attached hydrogens (tertiary/aromatic N) is 2. The van der Waals surface area contributed by atoms with Crippen LogP contribution < -0.4 is 4.57 Å². The van der Waals surface area contributed by atoms with Gasteiger partial charge in [0.25, 0.3) is 5.82 Å². The van der Waals surface area contributed by atoms with Gasteiger partial charge in [-0.1, -0.05) is 109 Å². The standard InChI is InChI=1S/C34H25N2/c1-4-12-25(13-5-1)29-22-31(26-14-6-2-7-15-26)33(32(23-29)27-16-8-3-9-17-27)36-21-20-35-24-28-18-10-11-19-30(28)34(35)36/h1-23H,24H2/q+1. The third-order valence-electron chi connectivity index (χ3n) is 7.12. The largest absolute Gasteiger partial charge is 0.294 e. The van der Waals surface area contributed by atoms with Crippen LogP contribution in [0.1, 0.15) is 5.56 Å². The lowest BCUT2D eigenvalue weighted by Gasteiger charge is -2.17. The molecule has 0 amide bonds. The molecule has 0 spiro atoms. The SMILES string of the molecule is c1ccc(-c2cc(-c3ccccc3)c(-n3cc[n+]4c3-c3ccccc3C4)c(-c3ccccc3)c2)cc1. The van der Waals surface area contributed by atoms with E-state index >= 15 is 0 Å². The number of rotatable bonds is 4. The summed E-state index contributed by atoms with van der Waals surface area (Å²) in [5, 5.41) is 0. The van der Waals surface area contributed by atoms with Crippen LogP contribution >= 0.6 is 0 Å². The summed E-state index contributed by atoms with van der Waals surface area (Å²) in [6.07, 6.45) is 4.44. The van der Waals surface area contributed by atoms with Crippen LogP contribution in [0.2, 0.25) is 0 Å². The monoisotopic (exact) mass is 461 g/mol. The Morgan fingerprint density at radius 2 is 1.03 bits per heavy atom. The van der Waals surface area contributed by atoms with Crippen molar-refractivity contribution in [1.29, 1.82) is 0 Å². The van der Waals surface area contributed by atoms with Gasteiger partial charge in [-0.3, -0.25) is 0 Å². The van der Waals surface area contributed by atoms with E-state index in [9.17, 15) is 0 Å². The summed E-state index contributed by atoms with van der Waals surface area (Å²) < 4.78 is 4.75. The molecule has 0 saturated heterocycles. The third kappa shape index (κ3) is 3.38. The van der Waals surface area contributed by atoms with E-state index in [2.05, 4.69) is 149 Å². The molecule has 2 heterocycles. The summed E-state index contributed by atoms with van der Waals surface area (Å²) in [7, 11) is 0. The first-order valence-corrected chi connectivity index (χ1v) is 12.4. The maximum absolute atomic E-state index is 2.39. The molecule has 0 bridgehead atoms. The van der Waals surface area contributed by atoms with Crippen molar-refractivity contribution in [2.24, 2.45) is 0 Å². The molecule has 0 fully saturated rings. The summed E-state index contributed by atoms with van der Waals surface area (Å²) in [5.41, 5.74) is 11.2. The fourth-order valence-electron chi connectivity index (χ4n) is 5.45. The number of hydrogen-bond acceptors (Lipinski definition) is 0. The lowest BCUT2D eigenvalue weighted by Crippen LogP contribution is -2.30.